The molecule has 0 fully saturated rings. The van der Waals surface area contributed by atoms with Gasteiger partial charge in [0.1, 0.15) is 0 Å². The van der Waals surface area contributed by atoms with Crippen molar-refractivity contribution in [3.8, 4) is 0 Å². The van der Waals surface area contributed by atoms with Gasteiger partial charge in [-0.05, 0) is 0 Å². The number of halogens is 3. The third kappa shape index (κ3) is 1.32. The van der Waals surface area contributed by atoms with Gasteiger partial charge in [0.15, 0.2) is 0 Å². The number of ether oxygens (including phenoxy) is 1. The number of hydrogen-bond donors (Lipinski definition) is 2. The summed E-state index contributed by atoms with van der Waals surface area (Å²) in [5, 5.41) is 10.4. The highest BCUT2D eigenvalue weighted by molar-refractivity contribution is 6.04. The van der Waals surface area contributed by atoms with E-state index >= 15 is 0 Å². The first-order chi connectivity index (χ1) is 5.81. The van der Waals surface area contributed by atoms with E-state index in [-0.39, 0.29) is 0 Å². The second-order valence-electron chi connectivity index (χ2n) is 2.25. The standard InChI is InChI=1S/C5H5F3N2O3/c1-13-3-9-2(11)4(12,10-3)5(6,7)8/h12H,1H3,(H,9,10,11)/t4-/m1/s1. The number of alkyl halides is 3. The van der Waals surface area contributed by atoms with Crippen LogP contribution in [0.4, 0.5) is 13.2 Å². The topological polar surface area (TPSA) is 70.9 Å². The van der Waals surface area contributed by atoms with Crippen molar-refractivity contribution in [1.82, 2.24) is 5.32 Å². The Morgan fingerprint density at radius 3 is 2.38 bits per heavy atom. The maximum absolute atomic E-state index is 12.0. The molecule has 0 aromatic rings. The summed E-state index contributed by atoms with van der Waals surface area (Å²) in [6, 6.07) is -0.662. The Bertz CT molecular complexity index is 275. The Kier molecular flexibility index (Phi) is 1.95. The van der Waals surface area contributed by atoms with Crippen LogP contribution in [0.1, 0.15) is 0 Å². The van der Waals surface area contributed by atoms with Gasteiger partial charge in [0.25, 0.3) is 11.9 Å². The van der Waals surface area contributed by atoms with E-state index in [0.717, 1.165) is 7.11 Å². The Hall–Kier alpha value is -1.31. The zero-order valence-electron chi connectivity index (χ0n) is 6.34. The maximum Gasteiger partial charge on any atom is 0.448 e. The summed E-state index contributed by atoms with van der Waals surface area (Å²) in [5.74, 6) is -1.67. The van der Waals surface area contributed by atoms with E-state index in [2.05, 4.69) is 9.73 Å². The van der Waals surface area contributed by atoms with Gasteiger partial charge in [-0.1, -0.05) is 0 Å². The molecule has 13 heavy (non-hydrogen) atoms. The van der Waals surface area contributed by atoms with Gasteiger partial charge in [-0.2, -0.15) is 18.2 Å². The van der Waals surface area contributed by atoms with Crippen LogP contribution >= 0.6 is 0 Å². The number of nitrogens with zero attached hydrogens (tertiary/aromatic N) is 1. The molecule has 1 rings (SSSR count). The first kappa shape index (κ1) is 9.78. The van der Waals surface area contributed by atoms with Crippen LogP contribution in [-0.2, 0) is 9.53 Å². The number of aliphatic hydroxyl groups is 1. The van der Waals surface area contributed by atoms with Crippen LogP contribution in [0.2, 0.25) is 0 Å². The molecular formula is C5H5F3N2O3. The monoisotopic (exact) mass is 198 g/mol. The van der Waals surface area contributed by atoms with Crippen molar-refractivity contribution in [2.45, 2.75) is 11.9 Å². The Morgan fingerprint density at radius 1 is 1.62 bits per heavy atom. The minimum atomic E-state index is -5.16. The third-order valence-corrected chi connectivity index (χ3v) is 1.39. The van der Waals surface area contributed by atoms with Gasteiger partial charge in [0.2, 0.25) is 0 Å². The summed E-state index contributed by atoms with van der Waals surface area (Å²) >= 11 is 0. The molecule has 1 heterocycles. The number of aliphatic imine (C=N–C) groups is 1. The summed E-state index contributed by atoms with van der Waals surface area (Å²) in [6.07, 6.45) is -5.16. The lowest BCUT2D eigenvalue weighted by atomic mass is 10.2. The number of amides is 1. The molecule has 2 N–H and O–H groups in total. The van der Waals surface area contributed by atoms with Gasteiger partial charge in [-0.15, -0.1) is 0 Å². The molecule has 1 atom stereocenters. The van der Waals surface area contributed by atoms with E-state index in [9.17, 15) is 18.0 Å². The quantitative estimate of drug-likeness (QED) is 0.544. The van der Waals surface area contributed by atoms with E-state index in [0.29, 0.717) is 0 Å². The van der Waals surface area contributed by atoms with E-state index in [4.69, 9.17) is 5.11 Å². The first-order valence-electron chi connectivity index (χ1n) is 3.05. The van der Waals surface area contributed by atoms with Crippen LogP contribution < -0.4 is 5.32 Å². The van der Waals surface area contributed by atoms with Crippen LogP contribution in [0.15, 0.2) is 4.99 Å². The summed E-state index contributed by atoms with van der Waals surface area (Å²) in [5.41, 5.74) is -3.72. The lowest BCUT2D eigenvalue weighted by Gasteiger charge is -2.18. The molecule has 0 spiro atoms. The molecule has 0 aliphatic carbocycles. The van der Waals surface area contributed by atoms with Crippen molar-refractivity contribution >= 4 is 11.9 Å². The highest BCUT2D eigenvalue weighted by atomic mass is 19.4. The Labute approximate surface area is 70.2 Å². The van der Waals surface area contributed by atoms with E-state index < -0.39 is 23.8 Å². The van der Waals surface area contributed by atoms with E-state index in [1.165, 1.54) is 0 Å². The number of amidine groups is 1. The van der Waals surface area contributed by atoms with E-state index in [1.54, 1.807) is 5.32 Å². The SMILES string of the molecule is COC1=N[C@](O)(C(F)(F)F)C(=O)N1. The molecular weight excluding hydrogens is 193 g/mol. The smallest absolute Gasteiger partial charge is 0.448 e. The number of carbonyl (C=O) groups excluding carboxylic acids is 1. The highest BCUT2D eigenvalue weighted by Crippen LogP contribution is 2.33. The number of carbonyl (C=O) groups is 1. The van der Waals surface area contributed by atoms with Gasteiger partial charge in [-0.3, -0.25) is 10.1 Å². The number of methoxy groups -OCH3 is 1. The fourth-order valence-corrected chi connectivity index (χ4v) is 0.699. The molecule has 8 heteroatoms. The van der Waals surface area contributed by atoms with Crippen LogP contribution in [0, 0.1) is 0 Å². The molecule has 74 valence electrons. The molecule has 0 saturated heterocycles. The van der Waals surface area contributed by atoms with Crippen LogP contribution in [0.25, 0.3) is 0 Å². The van der Waals surface area contributed by atoms with Gasteiger partial charge in [0.05, 0.1) is 7.11 Å². The summed E-state index contributed by atoms with van der Waals surface area (Å²) in [6.45, 7) is 0. The normalized spacial score (nSPS) is 28.4. The zero-order chi connectivity index (χ0) is 10.3. The molecule has 0 unspecified atom stereocenters. The highest BCUT2D eigenvalue weighted by Gasteiger charge is 2.63. The van der Waals surface area contributed by atoms with Gasteiger partial charge >= 0.3 is 11.9 Å². The fraction of sp³-hybridized carbons (Fsp3) is 0.600. The minimum Gasteiger partial charge on any atom is -0.468 e. The van der Waals surface area contributed by atoms with Crippen molar-refractivity contribution in [1.29, 1.82) is 0 Å². The van der Waals surface area contributed by atoms with Crippen molar-refractivity contribution < 1.29 is 27.8 Å². The molecule has 1 amide bonds. The lowest BCUT2D eigenvalue weighted by Crippen LogP contribution is -2.51. The van der Waals surface area contributed by atoms with Crippen LogP contribution in [0.3, 0.4) is 0 Å². The van der Waals surface area contributed by atoms with Gasteiger partial charge < -0.3 is 9.84 Å². The number of hydrogen-bond acceptors (Lipinski definition) is 4. The van der Waals surface area contributed by atoms with Crippen molar-refractivity contribution in [3.63, 3.8) is 0 Å². The minimum absolute atomic E-state index is 0.662. The largest absolute Gasteiger partial charge is 0.468 e. The maximum atomic E-state index is 12.0. The molecule has 1 aliphatic heterocycles. The molecule has 0 aromatic heterocycles. The second-order valence-corrected chi connectivity index (χ2v) is 2.25. The van der Waals surface area contributed by atoms with Crippen molar-refractivity contribution in [2.75, 3.05) is 7.11 Å². The Morgan fingerprint density at radius 2 is 2.15 bits per heavy atom. The second kappa shape index (κ2) is 2.59. The summed E-state index contributed by atoms with van der Waals surface area (Å²) in [7, 11) is 1.02. The predicted octanol–water partition coefficient (Wildman–Crippen LogP) is -0.631. The Balaban J connectivity index is 3.04. The van der Waals surface area contributed by atoms with E-state index in [1.807, 2.05) is 0 Å². The molecule has 1 aliphatic rings. The summed E-state index contributed by atoms with van der Waals surface area (Å²) in [4.78, 5) is 13.3. The number of rotatable bonds is 0. The molecule has 0 radical (unpaired) electrons. The van der Waals surface area contributed by atoms with Crippen LogP contribution in [0.5, 0.6) is 0 Å². The summed E-state index contributed by atoms with van der Waals surface area (Å²) < 4.78 is 40.3. The van der Waals surface area contributed by atoms with Crippen molar-refractivity contribution in [2.24, 2.45) is 4.99 Å². The van der Waals surface area contributed by atoms with Gasteiger partial charge in [0, 0.05) is 0 Å². The molecule has 0 saturated carbocycles. The average Bonchev–Trinajstić information content (AvgIpc) is 2.28. The predicted molar refractivity (Wildman–Crippen MR) is 33.6 cm³/mol. The number of nitrogens with one attached hydrogen (secondary N) is 1. The average molecular weight is 198 g/mol. The zero-order valence-corrected chi connectivity index (χ0v) is 6.34. The molecule has 5 nitrogen and oxygen atoms in total. The van der Waals surface area contributed by atoms with Crippen LogP contribution in [-0.4, -0.2) is 36.0 Å². The molecule has 0 aromatic carbocycles. The fourth-order valence-electron chi connectivity index (χ4n) is 0.699. The lowest BCUT2D eigenvalue weighted by molar-refractivity contribution is -0.245. The van der Waals surface area contributed by atoms with Crippen molar-refractivity contribution in [3.05, 3.63) is 0 Å². The third-order valence-electron chi connectivity index (χ3n) is 1.39. The van der Waals surface area contributed by atoms with Gasteiger partial charge in [-0.25, -0.2) is 0 Å². The first-order valence-corrected chi connectivity index (χ1v) is 3.05. The molecule has 0 bridgehead atoms.